The molecule has 0 aliphatic carbocycles. The van der Waals surface area contributed by atoms with Gasteiger partial charge in [-0.3, -0.25) is 0 Å². The van der Waals surface area contributed by atoms with Crippen molar-refractivity contribution in [1.29, 1.82) is 0 Å². The van der Waals surface area contributed by atoms with Crippen LogP contribution in [0.15, 0.2) is 54.7 Å². The first kappa shape index (κ1) is 17.0. The number of hydrogen-bond donors (Lipinski definition) is 0. The molecule has 1 aromatic heterocycles. The zero-order valence-electron chi connectivity index (χ0n) is 13.4. The summed E-state index contributed by atoms with van der Waals surface area (Å²) in [5.41, 5.74) is 2.85. The highest BCUT2D eigenvalue weighted by atomic mass is 35.5. The first-order chi connectivity index (χ1) is 11.7. The van der Waals surface area contributed by atoms with Gasteiger partial charge < -0.3 is 9.30 Å². The summed E-state index contributed by atoms with van der Waals surface area (Å²) in [6.07, 6.45) is 2.79. The highest BCUT2D eigenvalue weighted by Gasteiger charge is 2.11. The van der Waals surface area contributed by atoms with Crippen LogP contribution < -0.4 is 0 Å². The molecule has 0 N–H and O–H groups in total. The molecule has 124 valence electrons. The SMILES string of the molecule is CCc1nc(-c2ccc(Cl)cc2Cl)cn1COCc1ccccc1. The third-order valence-electron chi connectivity index (χ3n) is 3.72. The molecule has 2 aromatic carbocycles. The second-order valence-electron chi connectivity index (χ2n) is 5.45. The Kier molecular flexibility index (Phi) is 5.56. The topological polar surface area (TPSA) is 27.1 Å². The van der Waals surface area contributed by atoms with Gasteiger partial charge in [0.25, 0.3) is 0 Å². The molecular formula is C19H18Cl2N2O. The van der Waals surface area contributed by atoms with Crippen molar-refractivity contribution in [1.82, 2.24) is 9.55 Å². The molecule has 0 aliphatic heterocycles. The van der Waals surface area contributed by atoms with E-state index in [-0.39, 0.29) is 0 Å². The van der Waals surface area contributed by atoms with Gasteiger partial charge in [-0.05, 0) is 23.8 Å². The quantitative estimate of drug-likeness (QED) is 0.572. The van der Waals surface area contributed by atoms with Crippen LogP contribution in [-0.4, -0.2) is 9.55 Å². The van der Waals surface area contributed by atoms with E-state index in [2.05, 4.69) is 11.9 Å². The lowest BCUT2D eigenvalue weighted by atomic mass is 10.2. The summed E-state index contributed by atoms with van der Waals surface area (Å²) in [5, 5.41) is 1.21. The van der Waals surface area contributed by atoms with Crippen molar-refractivity contribution in [3.05, 3.63) is 76.2 Å². The molecule has 0 spiro atoms. The van der Waals surface area contributed by atoms with Crippen LogP contribution in [0.1, 0.15) is 18.3 Å². The minimum absolute atomic E-state index is 0.455. The smallest absolute Gasteiger partial charge is 0.124 e. The summed E-state index contributed by atoms with van der Waals surface area (Å²) in [7, 11) is 0. The average Bonchev–Trinajstić information content (AvgIpc) is 2.99. The minimum atomic E-state index is 0.455. The Balaban J connectivity index is 1.75. The number of imidazole rings is 1. The molecule has 0 amide bonds. The van der Waals surface area contributed by atoms with Crippen molar-refractivity contribution in [2.45, 2.75) is 26.7 Å². The van der Waals surface area contributed by atoms with E-state index in [9.17, 15) is 0 Å². The molecule has 3 nitrogen and oxygen atoms in total. The van der Waals surface area contributed by atoms with Crippen LogP contribution >= 0.6 is 23.2 Å². The third kappa shape index (κ3) is 3.99. The molecule has 3 aromatic rings. The van der Waals surface area contributed by atoms with Crippen LogP contribution in [0.3, 0.4) is 0 Å². The fourth-order valence-corrected chi connectivity index (χ4v) is 3.02. The van der Waals surface area contributed by atoms with E-state index in [1.165, 1.54) is 0 Å². The van der Waals surface area contributed by atoms with Crippen LogP contribution in [-0.2, 0) is 24.5 Å². The lowest BCUT2D eigenvalue weighted by Gasteiger charge is -2.07. The van der Waals surface area contributed by atoms with Gasteiger partial charge in [-0.25, -0.2) is 4.98 Å². The Morgan fingerprint density at radius 3 is 2.58 bits per heavy atom. The largest absolute Gasteiger partial charge is 0.356 e. The van der Waals surface area contributed by atoms with Crippen molar-refractivity contribution in [2.24, 2.45) is 0 Å². The van der Waals surface area contributed by atoms with Crippen molar-refractivity contribution < 1.29 is 4.74 Å². The van der Waals surface area contributed by atoms with Crippen LogP contribution in [0.4, 0.5) is 0 Å². The molecule has 3 rings (SSSR count). The summed E-state index contributed by atoms with van der Waals surface area (Å²) in [6.45, 7) is 3.10. The van der Waals surface area contributed by atoms with Crippen molar-refractivity contribution in [3.8, 4) is 11.3 Å². The Morgan fingerprint density at radius 2 is 1.88 bits per heavy atom. The molecule has 0 unspecified atom stereocenters. The molecule has 5 heteroatoms. The number of aryl methyl sites for hydroxylation is 1. The Labute approximate surface area is 151 Å². The van der Waals surface area contributed by atoms with Crippen LogP contribution in [0, 0.1) is 0 Å². The van der Waals surface area contributed by atoms with E-state index in [1.807, 2.05) is 53.2 Å². The van der Waals surface area contributed by atoms with Crippen LogP contribution in [0.2, 0.25) is 10.0 Å². The third-order valence-corrected chi connectivity index (χ3v) is 4.27. The predicted molar refractivity (Wildman–Crippen MR) is 98.3 cm³/mol. The molecular weight excluding hydrogens is 343 g/mol. The number of halogens is 2. The molecule has 0 aliphatic rings. The van der Waals surface area contributed by atoms with E-state index in [0.29, 0.717) is 23.4 Å². The van der Waals surface area contributed by atoms with E-state index in [1.54, 1.807) is 6.07 Å². The van der Waals surface area contributed by atoms with Gasteiger partial charge in [0.05, 0.1) is 17.3 Å². The van der Waals surface area contributed by atoms with Gasteiger partial charge in [-0.1, -0.05) is 60.5 Å². The fourth-order valence-electron chi connectivity index (χ4n) is 2.51. The first-order valence-electron chi connectivity index (χ1n) is 7.80. The highest BCUT2D eigenvalue weighted by molar-refractivity contribution is 6.36. The number of nitrogens with zero attached hydrogens (tertiary/aromatic N) is 2. The fraction of sp³-hybridized carbons (Fsp3) is 0.211. The first-order valence-corrected chi connectivity index (χ1v) is 8.56. The summed E-state index contributed by atoms with van der Waals surface area (Å²) < 4.78 is 7.83. The summed E-state index contributed by atoms with van der Waals surface area (Å²) >= 11 is 12.3. The van der Waals surface area contributed by atoms with Gasteiger partial charge >= 0.3 is 0 Å². The van der Waals surface area contributed by atoms with E-state index >= 15 is 0 Å². The Hall–Kier alpha value is -1.81. The maximum Gasteiger partial charge on any atom is 0.124 e. The Bertz CT molecular complexity index is 815. The zero-order valence-corrected chi connectivity index (χ0v) is 14.9. The van der Waals surface area contributed by atoms with Gasteiger partial charge in [-0.2, -0.15) is 0 Å². The average molecular weight is 361 g/mol. The van der Waals surface area contributed by atoms with E-state index in [4.69, 9.17) is 27.9 Å². The molecule has 0 fully saturated rings. The van der Waals surface area contributed by atoms with Gasteiger partial charge in [0.1, 0.15) is 12.6 Å². The number of aromatic nitrogens is 2. The molecule has 0 atom stereocenters. The summed E-state index contributed by atoms with van der Waals surface area (Å²) in [5.74, 6) is 0.962. The normalized spacial score (nSPS) is 11.0. The van der Waals surface area contributed by atoms with Gasteiger partial charge in [0, 0.05) is 23.2 Å². The highest BCUT2D eigenvalue weighted by Crippen LogP contribution is 2.29. The molecule has 1 heterocycles. The standard InChI is InChI=1S/C19H18Cl2N2O/c1-2-19-22-18(16-9-8-15(20)10-17(16)21)11-23(19)13-24-12-14-6-4-3-5-7-14/h3-11H,2,12-13H2,1H3. The number of rotatable bonds is 6. The molecule has 0 radical (unpaired) electrons. The number of hydrogen-bond acceptors (Lipinski definition) is 2. The van der Waals surface area contributed by atoms with Gasteiger partial charge in [-0.15, -0.1) is 0 Å². The zero-order chi connectivity index (χ0) is 16.9. The summed E-state index contributed by atoms with van der Waals surface area (Å²) in [6, 6.07) is 15.6. The maximum atomic E-state index is 6.29. The summed E-state index contributed by atoms with van der Waals surface area (Å²) in [4.78, 5) is 4.67. The van der Waals surface area contributed by atoms with E-state index in [0.717, 1.165) is 29.1 Å². The number of benzene rings is 2. The Morgan fingerprint density at radius 1 is 1.08 bits per heavy atom. The second kappa shape index (κ2) is 7.84. The second-order valence-corrected chi connectivity index (χ2v) is 6.30. The van der Waals surface area contributed by atoms with Crippen molar-refractivity contribution in [2.75, 3.05) is 0 Å². The van der Waals surface area contributed by atoms with Crippen LogP contribution in [0.5, 0.6) is 0 Å². The number of ether oxygens (including phenoxy) is 1. The van der Waals surface area contributed by atoms with Gasteiger partial charge in [0.15, 0.2) is 0 Å². The molecule has 0 saturated carbocycles. The minimum Gasteiger partial charge on any atom is -0.356 e. The van der Waals surface area contributed by atoms with Crippen LogP contribution in [0.25, 0.3) is 11.3 Å². The molecule has 24 heavy (non-hydrogen) atoms. The lowest BCUT2D eigenvalue weighted by molar-refractivity contribution is 0.0622. The van der Waals surface area contributed by atoms with E-state index < -0.39 is 0 Å². The maximum absolute atomic E-state index is 6.29. The lowest BCUT2D eigenvalue weighted by Crippen LogP contribution is -2.05. The predicted octanol–water partition coefficient (Wildman–Crippen LogP) is 5.59. The molecule has 0 saturated heterocycles. The monoisotopic (exact) mass is 360 g/mol. The van der Waals surface area contributed by atoms with Gasteiger partial charge in [0.2, 0.25) is 0 Å². The van der Waals surface area contributed by atoms with Crippen molar-refractivity contribution in [3.63, 3.8) is 0 Å². The van der Waals surface area contributed by atoms with Crippen molar-refractivity contribution >= 4 is 23.2 Å². The molecule has 0 bridgehead atoms.